The molecular weight excluding hydrogens is 318 g/mol. The van der Waals surface area contributed by atoms with Crippen LogP contribution in [-0.4, -0.2) is 38.7 Å². The van der Waals surface area contributed by atoms with Crippen LogP contribution >= 0.6 is 0 Å². The Hall–Kier alpha value is -2.45. The molecule has 0 radical (unpaired) electrons. The van der Waals surface area contributed by atoms with Gasteiger partial charge in [0.25, 0.3) is 5.97 Å². The predicted molar refractivity (Wildman–Crippen MR) is 84.5 cm³/mol. The first-order valence-electron chi connectivity index (χ1n) is 6.85. The summed E-state index contributed by atoms with van der Waals surface area (Å²) in [5.41, 5.74) is 5.75. The average Bonchev–Trinajstić information content (AvgIpc) is 2.54. The molecule has 2 atom stereocenters. The zero-order valence-electron chi connectivity index (χ0n) is 13.0. The van der Waals surface area contributed by atoms with E-state index in [4.69, 9.17) is 19.3 Å². The first kappa shape index (κ1) is 18.6. The van der Waals surface area contributed by atoms with Crippen LogP contribution in [-0.2, 0) is 28.0 Å². The second kappa shape index (κ2) is 8.25. The van der Waals surface area contributed by atoms with Crippen molar-refractivity contribution in [2.45, 2.75) is 20.0 Å². The maximum Gasteiger partial charge on any atom is 0.513 e. The highest BCUT2D eigenvalue weighted by atomic mass is 28.4. The van der Waals surface area contributed by atoms with E-state index in [1.165, 1.54) is 13.8 Å². The minimum atomic E-state index is -3.53. The van der Waals surface area contributed by atoms with Crippen molar-refractivity contribution in [1.29, 1.82) is 0 Å². The van der Waals surface area contributed by atoms with E-state index < -0.39 is 32.6 Å². The van der Waals surface area contributed by atoms with Crippen LogP contribution in [0.4, 0.5) is 0 Å². The summed E-state index contributed by atoms with van der Waals surface area (Å²) in [4.78, 5) is 34.8. The Morgan fingerprint density at radius 2 is 1.87 bits per heavy atom. The molecule has 0 aliphatic heterocycles. The molecule has 0 saturated carbocycles. The Morgan fingerprint density at radius 3 is 2.35 bits per heavy atom. The molecule has 0 aliphatic carbocycles. The topological polar surface area (TPSA) is 105 Å². The van der Waals surface area contributed by atoms with Gasteiger partial charge in [-0.2, -0.15) is 0 Å². The van der Waals surface area contributed by atoms with E-state index in [0.29, 0.717) is 5.19 Å². The third kappa shape index (κ3) is 5.04. The molecular formula is C15H19NO6Si. The van der Waals surface area contributed by atoms with Crippen LogP contribution in [0.2, 0.25) is 0 Å². The minimum absolute atomic E-state index is 0.162. The van der Waals surface area contributed by atoms with Gasteiger partial charge in [0.05, 0.1) is 6.17 Å². The number of esters is 1. The molecule has 2 unspecified atom stereocenters. The molecule has 0 aromatic heterocycles. The number of hydrogen-bond donors (Lipinski definition) is 1. The van der Waals surface area contributed by atoms with Gasteiger partial charge in [0.15, 0.2) is 6.10 Å². The summed E-state index contributed by atoms with van der Waals surface area (Å²) >= 11 is 0. The maximum atomic E-state index is 12.2. The van der Waals surface area contributed by atoms with E-state index in [9.17, 15) is 14.4 Å². The third-order valence-electron chi connectivity index (χ3n) is 2.85. The standard InChI is InChI=1S/C15H19NO6Si/c1-4-14(18)20-11(2)15(19)22-23(10-16,21-12(3)17)13-8-6-5-7-9-13/h4-9,11H,1,10,16H2,2-3H3. The lowest BCUT2D eigenvalue weighted by molar-refractivity contribution is -0.159. The Balaban J connectivity index is 3.06. The van der Waals surface area contributed by atoms with Crippen LogP contribution in [0.25, 0.3) is 0 Å². The Kier molecular flexibility index (Phi) is 6.67. The molecule has 1 aromatic carbocycles. The van der Waals surface area contributed by atoms with E-state index in [-0.39, 0.29) is 6.17 Å². The fraction of sp³-hybridized carbons (Fsp3) is 0.267. The molecule has 0 saturated heterocycles. The summed E-state index contributed by atoms with van der Waals surface area (Å²) in [5.74, 6) is -2.22. The van der Waals surface area contributed by atoms with Gasteiger partial charge in [-0.3, -0.25) is 4.79 Å². The van der Waals surface area contributed by atoms with Crippen molar-refractivity contribution in [1.82, 2.24) is 0 Å². The van der Waals surface area contributed by atoms with E-state index >= 15 is 0 Å². The van der Waals surface area contributed by atoms with Gasteiger partial charge in [0.1, 0.15) is 0 Å². The van der Waals surface area contributed by atoms with Crippen LogP contribution in [0.15, 0.2) is 43.0 Å². The number of hydrogen-bond acceptors (Lipinski definition) is 7. The van der Waals surface area contributed by atoms with Crippen molar-refractivity contribution in [3.63, 3.8) is 0 Å². The minimum Gasteiger partial charge on any atom is -0.481 e. The summed E-state index contributed by atoms with van der Waals surface area (Å²) in [6.07, 6.45) is -0.413. The molecule has 0 bridgehead atoms. The summed E-state index contributed by atoms with van der Waals surface area (Å²) in [7, 11) is -3.53. The second-order valence-corrected chi connectivity index (χ2v) is 7.52. The molecule has 23 heavy (non-hydrogen) atoms. The lowest BCUT2D eigenvalue weighted by atomic mass is 10.4. The summed E-state index contributed by atoms with van der Waals surface area (Å²) in [5, 5.41) is 0.522. The van der Waals surface area contributed by atoms with Crippen molar-refractivity contribution in [2.75, 3.05) is 6.17 Å². The average molecular weight is 337 g/mol. The highest BCUT2D eigenvalue weighted by molar-refractivity contribution is 6.83. The third-order valence-corrected chi connectivity index (χ3v) is 5.75. The van der Waals surface area contributed by atoms with E-state index in [2.05, 4.69) is 6.58 Å². The van der Waals surface area contributed by atoms with Crippen molar-refractivity contribution in [3.05, 3.63) is 43.0 Å². The molecule has 7 nitrogen and oxygen atoms in total. The van der Waals surface area contributed by atoms with Crippen molar-refractivity contribution in [2.24, 2.45) is 5.73 Å². The quantitative estimate of drug-likeness (QED) is 0.426. The normalized spacial score (nSPS) is 14.0. The lowest BCUT2D eigenvalue weighted by Gasteiger charge is -2.29. The summed E-state index contributed by atoms with van der Waals surface area (Å²) < 4.78 is 15.5. The van der Waals surface area contributed by atoms with E-state index in [0.717, 1.165) is 6.08 Å². The van der Waals surface area contributed by atoms with Crippen molar-refractivity contribution < 1.29 is 28.0 Å². The molecule has 124 valence electrons. The monoisotopic (exact) mass is 337 g/mol. The molecule has 8 heteroatoms. The number of rotatable bonds is 7. The van der Waals surface area contributed by atoms with Gasteiger partial charge in [-0.15, -0.1) is 0 Å². The van der Waals surface area contributed by atoms with Crippen molar-refractivity contribution in [3.8, 4) is 0 Å². The van der Waals surface area contributed by atoms with Gasteiger partial charge in [-0.25, -0.2) is 9.59 Å². The largest absolute Gasteiger partial charge is 0.513 e. The molecule has 0 heterocycles. The molecule has 2 N–H and O–H groups in total. The smallest absolute Gasteiger partial charge is 0.481 e. The molecule has 0 fully saturated rings. The highest BCUT2D eigenvalue weighted by Gasteiger charge is 2.47. The summed E-state index contributed by atoms with van der Waals surface area (Å²) in [6.45, 7) is 5.79. The highest BCUT2D eigenvalue weighted by Crippen LogP contribution is 2.11. The Labute approximate surface area is 135 Å². The van der Waals surface area contributed by atoms with E-state index in [1.807, 2.05) is 0 Å². The van der Waals surface area contributed by atoms with Crippen LogP contribution in [0.3, 0.4) is 0 Å². The Morgan fingerprint density at radius 1 is 1.26 bits per heavy atom. The van der Waals surface area contributed by atoms with Gasteiger partial charge < -0.3 is 19.3 Å². The number of carbonyl (C=O) groups excluding carboxylic acids is 3. The van der Waals surface area contributed by atoms with Gasteiger partial charge in [-0.05, 0) is 6.92 Å². The number of benzene rings is 1. The molecule has 0 aliphatic rings. The first-order chi connectivity index (χ1) is 10.8. The molecule has 0 spiro atoms. The van der Waals surface area contributed by atoms with Crippen molar-refractivity contribution >= 4 is 31.7 Å². The van der Waals surface area contributed by atoms with Crippen LogP contribution in [0, 0.1) is 0 Å². The molecule has 1 aromatic rings. The van der Waals surface area contributed by atoms with Gasteiger partial charge in [-0.1, -0.05) is 36.9 Å². The van der Waals surface area contributed by atoms with Gasteiger partial charge in [0, 0.05) is 18.2 Å². The van der Waals surface area contributed by atoms with Crippen LogP contribution < -0.4 is 10.9 Å². The fourth-order valence-corrected chi connectivity index (χ4v) is 4.12. The number of carbonyl (C=O) groups is 3. The zero-order chi connectivity index (χ0) is 17.5. The molecule has 1 rings (SSSR count). The predicted octanol–water partition coefficient (Wildman–Crippen LogP) is 0.0577. The van der Waals surface area contributed by atoms with E-state index in [1.54, 1.807) is 30.3 Å². The first-order valence-corrected chi connectivity index (χ1v) is 8.88. The SMILES string of the molecule is C=CC(=O)OC(C)C(=O)O[Si](CN)(OC(C)=O)c1ccccc1. The fourth-order valence-electron chi connectivity index (χ4n) is 1.78. The zero-order valence-corrected chi connectivity index (χ0v) is 14.0. The summed E-state index contributed by atoms with van der Waals surface area (Å²) in [6, 6.07) is 8.52. The lowest BCUT2D eigenvalue weighted by Crippen LogP contribution is -2.62. The van der Waals surface area contributed by atoms with Gasteiger partial charge in [0.2, 0.25) is 0 Å². The van der Waals surface area contributed by atoms with Crippen LogP contribution in [0.1, 0.15) is 13.8 Å². The molecule has 0 amide bonds. The number of nitrogens with two attached hydrogens (primary N) is 1. The van der Waals surface area contributed by atoms with Gasteiger partial charge >= 0.3 is 20.5 Å². The van der Waals surface area contributed by atoms with Crippen LogP contribution in [0.5, 0.6) is 0 Å². The Bertz CT molecular complexity index is 591. The number of ether oxygens (including phenoxy) is 1. The maximum absolute atomic E-state index is 12.2. The second-order valence-electron chi connectivity index (χ2n) is 4.62.